The van der Waals surface area contributed by atoms with E-state index < -0.39 is 0 Å². The molecule has 1 heterocycles. The largest absolute Gasteiger partial charge is 0.396 e. The Morgan fingerprint density at radius 2 is 2.39 bits per heavy atom. The monoisotopic (exact) mass is 251 g/mol. The number of hydrogen-bond acceptors (Lipinski definition) is 4. The Hall–Kier alpha value is -1.36. The molecule has 0 amide bonds. The first-order valence-corrected chi connectivity index (χ1v) is 6.69. The maximum atomic E-state index is 12.1. The molecule has 1 aliphatic carbocycles. The highest BCUT2D eigenvalue weighted by molar-refractivity contribution is 5.33. The zero-order chi connectivity index (χ0) is 13.0. The van der Waals surface area contributed by atoms with Crippen LogP contribution in [0.5, 0.6) is 0 Å². The molecule has 1 aromatic rings. The lowest BCUT2D eigenvalue weighted by Crippen LogP contribution is -2.32. The van der Waals surface area contributed by atoms with Gasteiger partial charge in [-0.05, 0) is 19.3 Å². The van der Waals surface area contributed by atoms with Crippen LogP contribution in [0.4, 0.5) is 5.82 Å². The van der Waals surface area contributed by atoms with E-state index in [1.165, 1.54) is 0 Å². The van der Waals surface area contributed by atoms with Crippen LogP contribution < -0.4 is 10.9 Å². The summed E-state index contributed by atoms with van der Waals surface area (Å²) in [7, 11) is 0. The molecule has 0 bridgehead atoms. The first-order valence-electron chi connectivity index (χ1n) is 6.69. The molecular formula is C13H21N3O2. The summed E-state index contributed by atoms with van der Waals surface area (Å²) >= 11 is 0. The number of aliphatic hydroxyl groups is 1. The third-order valence-corrected chi connectivity index (χ3v) is 3.59. The highest BCUT2D eigenvalue weighted by atomic mass is 16.3. The van der Waals surface area contributed by atoms with E-state index in [0.717, 1.165) is 25.7 Å². The van der Waals surface area contributed by atoms with Crippen LogP contribution in [-0.2, 0) is 6.54 Å². The van der Waals surface area contributed by atoms with Crippen molar-refractivity contribution in [3.8, 4) is 0 Å². The first kappa shape index (κ1) is 13.1. The van der Waals surface area contributed by atoms with Gasteiger partial charge in [0.2, 0.25) is 0 Å². The summed E-state index contributed by atoms with van der Waals surface area (Å²) in [4.78, 5) is 16.2. The second kappa shape index (κ2) is 6.00. The van der Waals surface area contributed by atoms with Crippen LogP contribution in [0.2, 0.25) is 0 Å². The molecule has 18 heavy (non-hydrogen) atoms. The Balaban J connectivity index is 2.14. The van der Waals surface area contributed by atoms with Gasteiger partial charge in [-0.25, -0.2) is 4.98 Å². The molecule has 0 aromatic carbocycles. The van der Waals surface area contributed by atoms with Crippen molar-refractivity contribution in [2.75, 3.05) is 11.9 Å². The topological polar surface area (TPSA) is 67.2 Å². The lowest BCUT2D eigenvalue weighted by molar-refractivity contribution is 0.222. The van der Waals surface area contributed by atoms with Crippen molar-refractivity contribution in [3.63, 3.8) is 0 Å². The molecule has 0 radical (unpaired) electrons. The number of nitrogens with one attached hydrogen (secondary N) is 1. The van der Waals surface area contributed by atoms with Gasteiger partial charge < -0.3 is 15.0 Å². The predicted molar refractivity (Wildman–Crippen MR) is 70.6 cm³/mol. The van der Waals surface area contributed by atoms with E-state index >= 15 is 0 Å². The number of anilines is 1. The molecule has 1 fully saturated rings. The van der Waals surface area contributed by atoms with E-state index in [0.29, 0.717) is 12.4 Å². The van der Waals surface area contributed by atoms with Gasteiger partial charge in [0.15, 0.2) is 5.82 Å². The molecule has 5 heteroatoms. The maximum absolute atomic E-state index is 12.1. The molecule has 0 aliphatic heterocycles. The molecule has 0 saturated heterocycles. The number of aliphatic hydroxyl groups excluding tert-OH is 1. The Kier molecular flexibility index (Phi) is 4.36. The fourth-order valence-electron chi connectivity index (χ4n) is 2.58. The van der Waals surface area contributed by atoms with E-state index in [9.17, 15) is 9.90 Å². The van der Waals surface area contributed by atoms with Crippen LogP contribution in [0.25, 0.3) is 0 Å². The van der Waals surface area contributed by atoms with Gasteiger partial charge in [0, 0.05) is 37.5 Å². The van der Waals surface area contributed by atoms with Crippen molar-refractivity contribution in [1.29, 1.82) is 0 Å². The molecule has 2 N–H and O–H groups in total. The van der Waals surface area contributed by atoms with Gasteiger partial charge in [-0.3, -0.25) is 4.79 Å². The second-order valence-corrected chi connectivity index (χ2v) is 4.90. The van der Waals surface area contributed by atoms with Crippen molar-refractivity contribution in [1.82, 2.24) is 9.55 Å². The third kappa shape index (κ3) is 2.72. The van der Waals surface area contributed by atoms with E-state index in [4.69, 9.17) is 0 Å². The highest BCUT2D eigenvalue weighted by Crippen LogP contribution is 2.26. The van der Waals surface area contributed by atoms with Crippen molar-refractivity contribution in [3.05, 3.63) is 22.7 Å². The van der Waals surface area contributed by atoms with Crippen LogP contribution >= 0.6 is 0 Å². The number of aromatic nitrogens is 2. The maximum Gasteiger partial charge on any atom is 0.293 e. The molecule has 2 atom stereocenters. The molecule has 0 spiro atoms. The van der Waals surface area contributed by atoms with Gasteiger partial charge in [-0.2, -0.15) is 0 Å². The van der Waals surface area contributed by atoms with Gasteiger partial charge in [0.05, 0.1) is 0 Å². The minimum absolute atomic E-state index is 0.0667. The van der Waals surface area contributed by atoms with Crippen LogP contribution in [0.3, 0.4) is 0 Å². The quantitative estimate of drug-likeness (QED) is 0.826. The molecular weight excluding hydrogens is 230 g/mol. The standard InChI is InChI=1S/C13H21N3O2/c1-2-7-16-8-6-14-12(13(16)18)15-11-5-3-4-10(11)9-17/h6,8,10-11,17H,2-5,7,9H2,1H3,(H,14,15). The molecule has 5 nitrogen and oxygen atoms in total. The number of rotatable bonds is 5. The zero-order valence-electron chi connectivity index (χ0n) is 10.8. The smallest absolute Gasteiger partial charge is 0.293 e. The normalized spacial score (nSPS) is 23.2. The number of aryl methyl sites for hydroxylation is 1. The summed E-state index contributed by atoms with van der Waals surface area (Å²) in [5, 5.41) is 12.5. The fourth-order valence-corrected chi connectivity index (χ4v) is 2.58. The highest BCUT2D eigenvalue weighted by Gasteiger charge is 2.27. The van der Waals surface area contributed by atoms with Crippen LogP contribution in [-0.4, -0.2) is 27.3 Å². The van der Waals surface area contributed by atoms with E-state index in [1.807, 2.05) is 6.92 Å². The average molecular weight is 251 g/mol. The predicted octanol–water partition coefficient (Wildman–Crippen LogP) is 1.23. The van der Waals surface area contributed by atoms with Gasteiger partial charge in [-0.15, -0.1) is 0 Å². The van der Waals surface area contributed by atoms with Gasteiger partial charge in [0.25, 0.3) is 5.56 Å². The number of nitrogens with zero attached hydrogens (tertiary/aromatic N) is 2. The van der Waals surface area contributed by atoms with Crippen molar-refractivity contribution in [2.45, 2.75) is 45.2 Å². The summed E-state index contributed by atoms with van der Waals surface area (Å²) in [6.07, 6.45) is 7.40. The lowest BCUT2D eigenvalue weighted by atomic mass is 10.1. The number of hydrogen-bond donors (Lipinski definition) is 2. The first-order chi connectivity index (χ1) is 8.76. The third-order valence-electron chi connectivity index (χ3n) is 3.59. The second-order valence-electron chi connectivity index (χ2n) is 4.90. The Bertz CT molecular complexity index is 444. The molecule has 1 aromatic heterocycles. The van der Waals surface area contributed by atoms with Gasteiger partial charge >= 0.3 is 0 Å². The van der Waals surface area contributed by atoms with E-state index in [1.54, 1.807) is 17.0 Å². The summed E-state index contributed by atoms with van der Waals surface area (Å²) in [6, 6.07) is 0.174. The van der Waals surface area contributed by atoms with Crippen LogP contribution in [0, 0.1) is 5.92 Å². The average Bonchev–Trinajstić information content (AvgIpc) is 2.82. The van der Waals surface area contributed by atoms with Gasteiger partial charge in [0.1, 0.15) is 0 Å². The van der Waals surface area contributed by atoms with Crippen LogP contribution in [0.15, 0.2) is 17.2 Å². The summed E-state index contributed by atoms with van der Waals surface area (Å²) in [5.74, 6) is 0.655. The van der Waals surface area contributed by atoms with E-state index in [-0.39, 0.29) is 24.1 Å². The van der Waals surface area contributed by atoms with Crippen LogP contribution in [0.1, 0.15) is 32.6 Å². The summed E-state index contributed by atoms with van der Waals surface area (Å²) < 4.78 is 1.68. The van der Waals surface area contributed by atoms with Crippen molar-refractivity contribution in [2.24, 2.45) is 5.92 Å². The Morgan fingerprint density at radius 3 is 3.11 bits per heavy atom. The Morgan fingerprint density at radius 1 is 1.56 bits per heavy atom. The lowest BCUT2D eigenvalue weighted by Gasteiger charge is -2.19. The van der Waals surface area contributed by atoms with Crippen molar-refractivity contribution >= 4 is 5.82 Å². The summed E-state index contributed by atoms with van der Waals surface area (Å²) in [5.41, 5.74) is -0.0667. The summed E-state index contributed by atoms with van der Waals surface area (Å²) in [6.45, 7) is 2.93. The minimum atomic E-state index is -0.0667. The van der Waals surface area contributed by atoms with E-state index in [2.05, 4.69) is 10.3 Å². The minimum Gasteiger partial charge on any atom is -0.396 e. The van der Waals surface area contributed by atoms with Crippen molar-refractivity contribution < 1.29 is 5.11 Å². The molecule has 2 rings (SSSR count). The molecule has 1 aliphatic rings. The molecule has 2 unspecified atom stereocenters. The SMILES string of the molecule is CCCn1ccnc(NC2CCCC2CO)c1=O. The van der Waals surface area contributed by atoms with Gasteiger partial charge in [-0.1, -0.05) is 13.3 Å². The molecule has 100 valence electrons. The zero-order valence-corrected chi connectivity index (χ0v) is 10.8. The Labute approximate surface area is 107 Å². The fraction of sp³-hybridized carbons (Fsp3) is 0.692. The molecule has 1 saturated carbocycles.